The number of aromatic nitrogens is 1. The minimum Gasteiger partial charge on any atom is -0.293 e. The van der Waals surface area contributed by atoms with Crippen molar-refractivity contribution in [1.82, 2.24) is 10.3 Å². The van der Waals surface area contributed by atoms with Crippen LogP contribution in [0, 0.1) is 11.3 Å². The summed E-state index contributed by atoms with van der Waals surface area (Å²) in [6.45, 7) is 4.17. The van der Waals surface area contributed by atoms with Gasteiger partial charge in [0.1, 0.15) is 6.04 Å². The summed E-state index contributed by atoms with van der Waals surface area (Å²) >= 11 is 3.29. The first-order valence-corrected chi connectivity index (χ1v) is 4.92. The van der Waals surface area contributed by atoms with Gasteiger partial charge in [0.2, 0.25) is 0 Å². The lowest BCUT2D eigenvalue weighted by Gasteiger charge is -2.08. The Balaban J connectivity index is 2.74. The van der Waals surface area contributed by atoms with Crippen LogP contribution in [-0.4, -0.2) is 11.5 Å². The minimum absolute atomic E-state index is 0.374. The lowest BCUT2D eigenvalue weighted by molar-refractivity contribution is 0.665. The Bertz CT molecular complexity index is 339. The maximum Gasteiger partial charge on any atom is 0.138 e. The molecule has 0 amide bonds. The Morgan fingerprint density at radius 2 is 2.50 bits per heavy atom. The molecule has 1 heterocycles. The first-order valence-electron chi connectivity index (χ1n) is 4.13. The van der Waals surface area contributed by atoms with Crippen molar-refractivity contribution in [3.63, 3.8) is 0 Å². The Hall–Kier alpha value is -1.18. The molecule has 1 rings (SSSR count). The first-order chi connectivity index (χ1) is 6.77. The second-order valence-corrected chi connectivity index (χ2v) is 3.58. The maximum absolute atomic E-state index is 8.88. The van der Waals surface area contributed by atoms with E-state index in [0.29, 0.717) is 6.54 Å². The second-order valence-electron chi connectivity index (χ2n) is 2.66. The fourth-order valence-electron chi connectivity index (χ4n) is 0.976. The molecule has 1 aromatic rings. The van der Waals surface area contributed by atoms with Gasteiger partial charge in [-0.25, -0.2) is 0 Å². The quantitative estimate of drug-likeness (QED) is 0.835. The highest BCUT2D eigenvalue weighted by molar-refractivity contribution is 9.10. The highest BCUT2D eigenvalue weighted by Crippen LogP contribution is 2.12. The highest BCUT2D eigenvalue weighted by Gasteiger charge is 2.09. The zero-order valence-electron chi connectivity index (χ0n) is 7.57. The molecule has 3 nitrogen and oxygen atoms in total. The molecule has 4 heteroatoms. The molecule has 0 radical (unpaired) electrons. The average Bonchev–Trinajstić information content (AvgIpc) is 2.21. The van der Waals surface area contributed by atoms with E-state index >= 15 is 0 Å². The SMILES string of the molecule is C=CCNC(C#N)c1ccc(Br)cn1. The van der Waals surface area contributed by atoms with Gasteiger partial charge in [-0.2, -0.15) is 5.26 Å². The first kappa shape index (κ1) is 10.9. The molecule has 0 aliphatic rings. The van der Waals surface area contributed by atoms with E-state index < -0.39 is 0 Å². The minimum atomic E-state index is -0.374. The molecule has 0 aliphatic heterocycles. The lowest BCUT2D eigenvalue weighted by Crippen LogP contribution is -2.20. The van der Waals surface area contributed by atoms with Crippen LogP contribution in [0.4, 0.5) is 0 Å². The molecule has 0 fully saturated rings. The van der Waals surface area contributed by atoms with Gasteiger partial charge < -0.3 is 0 Å². The van der Waals surface area contributed by atoms with Crippen LogP contribution in [0.3, 0.4) is 0 Å². The molecule has 72 valence electrons. The molecule has 0 spiro atoms. The predicted octanol–water partition coefficient (Wildman–Crippen LogP) is 2.18. The molecule has 1 aromatic heterocycles. The third kappa shape index (κ3) is 2.95. The number of hydrogen-bond acceptors (Lipinski definition) is 3. The van der Waals surface area contributed by atoms with E-state index in [1.807, 2.05) is 12.1 Å². The Morgan fingerprint density at radius 3 is 3.00 bits per heavy atom. The van der Waals surface area contributed by atoms with Gasteiger partial charge in [0.05, 0.1) is 11.8 Å². The molecule has 14 heavy (non-hydrogen) atoms. The van der Waals surface area contributed by atoms with Gasteiger partial charge in [0.25, 0.3) is 0 Å². The van der Waals surface area contributed by atoms with Crippen LogP contribution < -0.4 is 5.32 Å². The van der Waals surface area contributed by atoms with Gasteiger partial charge in [0, 0.05) is 17.2 Å². The molecule has 0 saturated heterocycles. The fraction of sp³-hybridized carbons (Fsp3) is 0.200. The monoisotopic (exact) mass is 251 g/mol. The Morgan fingerprint density at radius 1 is 1.71 bits per heavy atom. The van der Waals surface area contributed by atoms with Crippen molar-refractivity contribution >= 4 is 15.9 Å². The summed E-state index contributed by atoms with van der Waals surface area (Å²) in [7, 11) is 0. The van der Waals surface area contributed by atoms with Crippen molar-refractivity contribution in [1.29, 1.82) is 5.26 Å². The number of nitriles is 1. The van der Waals surface area contributed by atoms with E-state index in [1.165, 1.54) is 0 Å². The van der Waals surface area contributed by atoms with E-state index in [-0.39, 0.29) is 6.04 Å². The van der Waals surface area contributed by atoms with Gasteiger partial charge >= 0.3 is 0 Å². The summed E-state index contributed by atoms with van der Waals surface area (Å²) in [5.74, 6) is 0. The topological polar surface area (TPSA) is 48.7 Å². The Kier molecular flexibility index (Phi) is 4.30. The van der Waals surface area contributed by atoms with Crippen LogP contribution in [0.5, 0.6) is 0 Å². The van der Waals surface area contributed by atoms with Gasteiger partial charge in [-0.1, -0.05) is 6.08 Å². The molecule has 1 N–H and O–H groups in total. The number of hydrogen-bond donors (Lipinski definition) is 1. The van der Waals surface area contributed by atoms with Gasteiger partial charge in [-0.05, 0) is 28.1 Å². The molecule has 0 aromatic carbocycles. The summed E-state index contributed by atoms with van der Waals surface area (Å²) in [4.78, 5) is 4.14. The molecule has 1 atom stereocenters. The van der Waals surface area contributed by atoms with Crippen molar-refractivity contribution in [3.8, 4) is 6.07 Å². The smallest absolute Gasteiger partial charge is 0.138 e. The van der Waals surface area contributed by atoms with Crippen LogP contribution in [0.25, 0.3) is 0 Å². The zero-order valence-corrected chi connectivity index (χ0v) is 9.16. The zero-order chi connectivity index (χ0) is 10.4. The summed E-state index contributed by atoms with van der Waals surface area (Å²) in [6, 6.07) is 5.44. The van der Waals surface area contributed by atoms with E-state index in [1.54, 1.807) is 12.3 Å². The van der Waals surface area contributed by atoms with E-state index in [0.717, 1.165) is 10.2 Å². The second kappa shape index (κ2) is 5.53. The average molecular weight is 252 g/mol. The van der Waals surface area contributed by atoms with E-state index in [9.17, 15) is 0 Å². The van der Waals surface area contributed by atoms with Crippen LogP contribution in [0.1, 0.15) is 11.7 Å². The van der Waals surface area contributed by atoms with Crippen LogP contribution in [0.15, 0.2) is 35.5 Å². The standard InChI is InChI=1S/C10H10BrN3/c1-2-5-13-10(6-12)9-4-3-8(11)7-14-9/h2-4,7,10,13H,1,5H2. The van der Waals surface area contributed by atoms with Crippen molar-refractivity contribution in [2.45, 2.75) is 6.04 Å². The molecule has 0 aliphatic carbocycles. The maximum atomic E-state index is 8.88. The summed E-state index contributed by atoms with van der Waals surface area (Å²) < 4.78 is 0.904. The molecule has 0 bridgehead atoms. The van der Waals surface area contributed by atoms with Gasteiger partial charge in [-0.3, -0.25) is 10.3 Å². The largest absolute Gasteiger partial charge is 0.293 e. The molecular formula is C10H10BrN3. The van der Waals surface area contributed by atoms with Gasteiger partial charge in [-0.15, -0.1) is 6.58 Å². The van der Waals surface area contributed by atoms with Crippen LogP contribution in [0.2, 0.25) is 0 Å². The third-order valence-corrected chi connectivity index (χ3v) is 2.11. The van der Waals surface area contributed by atoms with E-state index in [4.69, 9.17) is 5.26 Å². The summed E-state index contributed by atoms with van der Waals surface area (Å²) in [6.07, 6.45) is 3.39. The van der Waals surface area contributed by atoms with Crippen molar-refractivity contribution in [2.75, 3.05) is 6.54 Å². The van der Waals surface area contributed by atoms with Crippen molar-refractivity contribution < 1.29 is 0 Å². The fourth-order valence-corrected chi connectivity index (χ4v) is 1.21. The van der Waals surface area contributed by atoms with Gasteiger partial charge in [0.15, 0.2) is 0 Å². The number of rotatable bonds is 4. The third-order valence-electron chi connectivity index (χ3n) is 1.64. The lowest BCUT2D eigenvalue weighted by atomic mass is 10.2. The number of pyridine rings is 1. The normalized spacial score (nSPS) is 11.7. The van der Waals surface area contributed by atoms with Crippen molar-refractivity contribution in [2.24, 2.45) is 0 Å². The predicted molar refractivity (Wildman–Crippen MR) is 58.5 cm³/mol. The Labute approximate surface area is 91.6 Å². The highest BCUT2D eigenvalue weighted by atomic mass is 79.9. The molecule has 0 saturated carbocycles. The summed E-state index contributed by atoms with van der Waals surface area (Å²) in [5, 5.41) is 11.9. The molecular weight excluding hydrogens is 242 g/mol. The number of nitrogens with one attached hydrogen (secondary N) is 1. The molecule has 1 unspecified atom stereocenters. The van der Waals surface area contributed by atoms with Crippen molar-refractivity contribution in [3.05, 3.63) is 41.2 Å². The number of halogens is 1. The van der Waals surface area contributed by atoms with E-state index in [2.05, 4.69) is 38.9 Å². The summed E-state index contributed by atoms with van der Waals surface area (Å²) in [5.41, 5.74) is 0.720. The number of nitrogens with zero attached hydrogens (tertiary/aromatic N) is 2. The van der Waals surface area contributed by atoms with Crippen LogP contribution >= 0.6 is 15.9 Å². The van der Waals surface area contributed by atoms with Crippen LogP contribution in [-0.2, 0) is 0 Å².